The minimum atomic E-state index is -0.411. The third-order valence-electron chi connectivity index (χ3n) is 5.44. The molecule has 1 amide bonds. The van der Waals surface area contributed by atoms with Gasteiger partial charge in [0.1, 0.15) is 0 Å². The number of benzene rings is 2. The number of hydrogen-bond acceptors (Lipinski definition) is 5. The first-order chi connectivity index (χ1) is 15.4. The number of allylic oxidation sites excluding steroid dienone is 1. The first-order valence-electron chi connectivity index (χ1n) is 10.2. The fourth-order valence-electron chi connectivity index (χ4n) is 3.94. The molecule has 1 saturated heterocycles. The van der Waals surface area contributed by atoms with Crippen molar-refractivity contribution in [1.29, 1.82) is 0 Å². The van der Waals surface area contributed by atoms with Gasteiger partial charge in [0.25, 0.3) is 11.6 Å². The Labute approximate surface area is 195 Å². The molecular weight excluding hydrogens is 453 g/mol. The molecule has 0 aromatic heterocycles. The SMILES string of the molecule is O=C(Nc1ccc(Cl)c(Cl)c1)C1=C(N2CCOCC2)C(=Cc2cccc([N+](=O)[O-])c2)CC1. The zero-order chi connectivity index (χ0) is 22.7. The van der Waals surface area contributed by atoms with Crippen molar-refractivity contribution < 1.29 is 14.5 Å². The van der Waals surface area contributed by atoms with E-state index >= 15 is 0 Å². The Morgan fingerprint density at radius 1 is 1.09 bits per heavy atom. The molecule has 1 aliphatic carbocycles. The van der Waals surface area contributed by atoms with E-state index in [4.69, 9.17) is 27.9 Å². The van der Waals surface area contributed by atoms with E-state index in [1.807, 2.05) is 12.1 Å². The fourth-order valence-corrected chi connectivity index (χ4v) is 4.24. The molecule has 32 heavy (non-hydrogen) atoms. The van der Waals surface area contributed by atoms with Gasteiger partial charge in [-0.2, -0.15) is 0 Å². The van der Waals surface area contributed by atoms with Gasteiger partial charge < -0.3 is 15.0 Å². The summed E-state index contributed by atoms with van der Waals surface area (Å²) in [6, 6.07) is 11.4. The van der Waals surface area contributed by atoms with Crippen LogP contribution < -0.4 is 5.32 Å². The summed E-state index contributed by atoms with van der Waals surface area (Å²) in [7, 11) is 0. The maximum atomic E-state index is 13.2. The average Bonchev–Trinajstić information content (AvgIpc) is 3.20. The topological polar surface area (TPSA) is 84.7 Å². The minimum Gasteiger partial charge on any atom is -0.378 e. The minimum absolute atomic E-state index is 0.0341. The standard InChI is InChI=1S/C23H21Cl2N3O4/c24-20-7-5-17(14-21(20)25)26-23(29)19-6-4-16(22(19)27-8-10-32-11-9-27)12-15-2-1-3-18(13-15)28(30)31/h1-3,5,7,12-14H,4,6,8-11H2,(H,26,29). The third kappa shape index (κ3) is 4.96. The van der Waals surface area contributed by atoms with Crippen LogP contribution in [0.1, 0.15) is 18.4 Å². The molecule has 1 fully saturated rings. The Kier molecular flexibility index (Phi) is 6.79. The van der Waals surface area contributed by atoms with E-state index in [-0.39, 0.29) is 11.6 Å². The van der Waals surface area contributed by atoms with Crippen LogP contribution in [0.15, 0.2) is 59.3 Å². The maximum Gasteiger partial charge on any atom is 0.270 e. The number of amides is 1. The van der Waals surface area contributed by atoms with E-state index in [9.17, 15) is 14.9 Å². The number of carbonyl (C=O) groups is 1. The molecule has 2 aromatic rings. The van der Waals surface area contributed by atoms with Crippen LogP contribution in [0.25, 0.3) is 6.08 Å². The Balaban J connectivity index is 1.68. The van der Waals surface area contributed by atoms with Crippen molar-refractivity contribution in [1.82, 2.24) is 4.90 Å². The highest BCUT2D eigenvalue weighted by Crippen LogP contribution is 2.37. The van der Waals surface area contributed by atoms with Crippen molar-refractivity contribution in [3.8, 4) is 0 Å². The van der Waals surface area contributed by atoms with Crippen LogP contribution >= 0.6 is 23.2 Å². The molecule has 2 aliphatic rings. The summed E-state index contributed by atoms with van der Waals surface area (Å²) in [6.45, 7) is 2.50. The Hall–Kier alpha value is -2.87. The van der Waals surface area contributed by atoms with Crippen LogP contribution in [-0.4, -0.2) is 42.0 Å². The van der Waals surface area contributed by atoms with E-state index in [2.05, 4.69) is 10.2 Å². The first kappa shape index (κ1) is 22.3. The predicted molar refractivity (Wildman–Crippen MR) is 125 cm³/mol. The predicted octanol–water partition coefficient (Wildman–Crippen LogP) is 5.30. The molecule has 1 heterocycles. The van der Waals surface area contributed by atoms with Crippen LogP contribution in [0.5, 0.6) is 0 Å². The average molecular weight is 474 g/mol. The van der Waals surface area contributed by atoms with Crippen molar-refractivity contribution in [2.24, 2.45) is 0 Å². The number of anilines is 1. The van der Waals surface area contributed by atoms with Crippen LogP contribution in [0, 0.1) is 10.1 Å². The van der Waals surface area contributed by atoms with Crippen molar-refractivity contribution in [3.05, 3.63) is 85.0 Å². The van der Waals surface area contributed by atoms with Gasteiger partial charge in [0.05, 0.1) is 28.2 Å². The van der Waals surface area contributed by atoms with Crippen LogP contribution in [0.4, 0.5) is 11.4 Å². The molecular formula is C23H21Cl2N3O4. The van der Waals surface area contributed by atoms with Crippen molar-refractivity contribution in [2.75, 3.05) is 31.6 Å². The number of morpholine rings is 1. The Bertz CT molecular complexity index is 1120. The molecule has 7 nitrogen and oxygen atoms in total. The molecule has 0 bridgehead atoms. The van der Waals surface area contributed by atoms with Crippen molar-refractivity contribution in [3.63, 3.8) is 0 Å². The normalized spacial score (nSPS) is 17.7. The first-order valence-corrected chi connectivity index (χ1v) is 11.0. The number of carbonyl (C=O) groups excluding carboxylic acids is 1. The lowest BCUT2D eigenvalue weighted by molar-refractivity contribution is -0.384. The lowest BCUT2D eigenvalue weighted by Gasteiger charge is -2.31. The molecule has 4 rings (SSSR count). The van der Waals surface area contributed by atoms with E-state index in [0.29, 0.717) is 60.5 Å². The van der Waals surface area contributed by atoms with E-state index < -0.39 is 4.92 Å². The number of halogens is 2. The number of ether oxygens (including phenoxy) is 1. The molecule has 0 spiro atoms. The van der Waals surface area contributed by atoms with Crippen molar-refractivity contribution in [2.45, 2.75) is 12.8 Å². The van der Waals surface area contributed by atoms with Gasteiger partial charge in [-0.05, 0) is 48.3 Å². The number of nitrogens with one attached hydrogen (secondary N) is 1. The molecule has 0 unspecified atom stereocenters. The monoisotopic (exact) mass is 473 g/mol. The highest BCUT2D eigenvalue weighted by Gasteiger charge is 2.30. The summed E-state index contributed by atoms with van der Waals surface area (Å²) in [5, 5.41) is 14.8. The van der Waals surface area contributed by atoms with Gasteiger partial charge in [0.15, 0.2) is 0 Å². The summed E-state index contributed by atoms with van der Waals surface area (Å²) < 4.78 is 5.48. The van der Waals surface area contributed by atoms with Gasteiger partial charge in [-0.25, -0.2) is 0 Å². The fraction of sp³-hybridized carbons (Fsp3) is 0.261. The summed E-state index contributed by atoms with van der Waals surface area (Å²) in [5.74, 6) is -0.202. The molecule has 1 aliphatic heterocycles. The summed E-state index contributed by atoms with van der Waals surface area (Å²) in [4.78, 5) is 26.1. The number of hydrogen-bond donors (Lipinski definition) is 1. The van der Waals surface area contributed by atoms with Crippen molar-refractivity contribution >= 4 is 46.6 Å². The summed E-state index contributed by atoms with van der Waals surface area (Å²) >= 11 is 12.1. The van der Waals surface area contributed by atoms with Crippen LogP contribution in [0.2, 0.25) is 10.0 Å². The molecule has 166 valence electrons. The molecule has 2 aromatic carbocycles. The highest BCUT2D eigenvalue weighted by atomic mass is 35.5. The van der Waals surface area contributed by atoms with E-state index in [1.165, 1.54) is 12.1 Å². The second-order valence-corrected chi connectivity index (χ2v) is 8.35. The van der Waals surface area contributed by atoms with Gasteiger partial charge in [-0.1, -0.05) is 35.3 Å². The number of nitrogens with zero attached hydrogens (tertiary/aromatic N) is 2. The van der Waals surface area contributed by atoms with Crippen LogP contribution in [-0.2, 0) is 9.53 Å². The number of non-ortho nitro benzene ring substituents is 1. The smallest absolute Gasteiger partial charge is 0.270 e. The molecule has 0 saturated carbocycles. The van der Waals surface area contributed by atoms with Crippen LogP contribution in [0.3, 0.4) is 0 Å². The van der Waals surface area contributed by atoms with E-state index in [1.54, 1.807) is 24.3 Å². The quantitative estimate of drug-likeness (QED) is 0.470. The molecule has 9 heteroatoms. The zero-order valence-electron chi connectivity index (χ0n) is 17.1. The summed E-state index contributed by atoms with van der Waals surface area (Å²) in [6.07, 6.45) is 3.16. The van der Waals surface area contributed by atoms with Gasteiger partial charge in [0, 0.05) is 42.2 Å². The zero-order valence-corrected chi connectivity index (χ0v) is 18.7. The lowest BCUT2D eigenvalue weighted by atomic mass is 10.1. The summed E-state index contributed by atoms with van der Waals surface area (Å²) in [5.41, 5.74) is 3.85. The molecule has 1 N–H and O–H groups in total. The van der Waals surface area contributed by atoms with Gasteiger partial charge >= 0.3 is 0 Å². The third-order valence-corrected chi connectivity index (χ3v) is 6.17. The lowest BCUT2D eigenvalue weighted by Crippen LogP contribution is -2.36. The van der Waals surface area contributed by atoms with Gasteiger partial charge in [-0.3, -0.25) is 14.9 Å². The number of nitro benzene ring substituents is 1. The molecule has 0 radical (unpaired) electrons. The second-order valence-electron chi connectivity index (χ2n) is 7.53. The van der Waals surface area contributed by atoms with Gasteiger partial charge in [-0.15, -0.1) is 0 Å². The second kappa shape index (κ2) is 9.73. The maximum absolute atomic E-state index is 13.2. The number of rotatable bonds is 5. The molecule has 0 atom stereocenters. The van der Waals surface area contributed by atoms with Gasteiger partial charge in [0.2, 0.25) is 0 Å². The van der Waals surface area contributed by atoms with E-state index in [0.717, 1.165) is 16.8 Å². The number of nitro groups is 1. The Morgan fingerprint density at radius 2 is 1.88 bits per heavy atom. The largest absolute Gasteiger partial charge is 0.378 e. The Morgan fingerprint density at radius 3 is 2.59 bits per heavy atom. The highest BCUT2D eigenvalue weighted by molar-refractivity contribution is 6.42.